The summed E-state index contributed by atoms with van der Waals surface area (Å²) in [6.45, 7) is 3.84. The van der Waals surface area contributed by atoms with E-state index in [1.54, 1.807) is 7.11 Å². The Morgan fingerprint density at radius 2 is 1.90 bits per heavy atom. The van der Waals surface area contributed by atoms with Crippen LogP contribution in [0.1, 0.15) is 28.1 Å². The number of benzene rings is 1. The summed E-state index contributed by atoms with van der Waals surface area (Å²) in [6.07, 6.45) is -0.0846. The number of hydrogen-bond acceptors (Lipinski definition) is 3. The zero-order valence-electron chi connectivity index (χ0n) is 12.2. The second kappa shape index (κ2) is 6.10. The van der Waals surface area contributed by atoms with Crippen LogP contribution >= 0.6 is 12.2 Å². The van der Waals surface area contributed by atoms with Gasteiger partial charge in [-0.2, -0.15) is 0 Å². The average molecular weight is 303 g/mol. The van der Waals surface area contributed by atoms with Gasteiger partial charge in [0.25, 0.3) is 0 Å². The SMILES string of the molecule is COc1c(C(=S)c2ccc(C)cc2)[nH]c(CC(=O)O)c1C. The molecule has 5 heteroatoms. The van der Waals surface area contributed by atoms with Crippen LogP contribution in [-0.2, 0) is 11.2 Å². The molecule has 0 saturated carbocycles. The Labute approximate surface area is 128 Å². The van der Waals surface area contributed by atoms with Crippen molar-refractivity contribution in [3.8, 4) is 5.75 Å². The van der Waals surface area contributed by atoms with Gasteiger partial charge in [0, 0.05) is 11.3 Å². The topological polar surface area (TPSA) is 62.3 Å². The normalized spacial score (nSPS) is 10.4. The van der Waals surface area contributed by atoms with Gasteiger partial charge in [0.05, 0.1) is 18.4 Å². The number of aliphatic carboxylic acids is 1. The predicted octanol–water partition coefficient (Wildman–Crippen LogP) is 3.03. The fraction of sp³-hybridized carbons (Fsp3) is 0.250. The molecule has 2 N–H and O–H groups in total. The molecule has 2 rings (SSSR count). The first-order valence-corrected chi connectivity index (χ1v) is 6.93. The lowest BCUT2D eigenvalue weighted by molar-refractivity contribution is -0.136. The van der Waals surface area contributed by atoms with Gasteiger partial charge in [-0.1, -0.05) is 42.0 Å². The van der Waals surface area contributed by atoms with Gasteiger partial charge in [-0.3, -0.25) is 4.79 Å². The smallest absolute Gasteiger partial charge is 0.309 e. The number of H-pyrrole nitrogens is 1. The van der Waals surface area contributed by atoms with E-state index in [-0.39, 0.29) is 6.42 Å². The first-order valence-electron chi connectivity index (χ1n) is 6.52. The predicted molar refractivity (Wildman–Crippen MR) is 85.4 cm³/mol. The molecule has 0 saturated heterocycles. The molecule has 0 amide bonds. The molecule has 0 aliphatic carbocycles. The van der Waals surface area contributed by atoms with E-state index in [0.717, 1.165) is 16.7 Å². The van der Waals surface area contributed by atoms with Crippen LogP contribution in [0.5, 0.6) is 5.75 Å². The number of thiocarbonyl (C=S) groups is 1. The number of aromatic amines is 1. The summed E-state index contributed by atoms with van der Waals surface area (Å²) in [6, 6.07) is 7.87. The quantitative estimate of drug-likeness (QED) is 0.658. The van der Waals surface area contributed by atoms with Crippen LogP contribution < -0.4 is 4.74 Å². The van der Waals surface area contributed by atoms with E-state index in [9.17, 15) is 4.79 Å². The standard InChI is InChI=1S/C16H17NO3S/c1-9-4-6-11(7-5-9)16(21)14-15(20-3)10(2)12(17-14)8-13(18)19/h4-7,17H,8H2,1-3H3,(H,18,19). The Hall–Kier alpha value is -2.14. The number of carboxylic acids is 1. The van der Waals surface area contributed by atoms with Gasteiger partial charge in [-0.05, 0) is 19.4 Å². The molecule has 0 radical (unpaired) electrons. The fourth-order valence-corrected chi connectivity index (χ4v) is 2.50. The highest BCUT2D eigenvalue weighted by Gasteiger charge is 2.20. The average Bonchev–Trinajstić information content (AvgIpc) is 2.75. The van der Waals surface area contributed by atoms with Crippen LogP contribution in [0.3, 0.4) is 0 Å². The molecule has 0 spiro atoms. The summed E-state index contributed by atoms with van der Waals surface area (Å²) < 4.78 is 5.39. The number of methoxy groups -OCH3 is 1. The van der Waals surface area contributed by atoms with Gasteiger partial charge in [-0.25, -0.2) is 0 Å². The minimum atomic E-state index is -0.894. The molecule has 1 heterocycles. The summed E-state index contributed by atoms with van der Waals surface area (Å²) >= 11 is 5.51. The zero-order valence-corrected chi connectivity index (χ0v) is 13.0. The van der Waals surface area contributed by atoms with Crippen molar-refractivity contribution in [2.45, 2.75) is 20.3 Å². The number of carboxylic acid groups (broad SMARTS) is 1. The molecule has 0 aliphatic rings. The number of aryl methyl sites for hydroxylation is 1. The third-order valence-corrected chi connectivity index (χ3v) is 3.81. The molecule has 0 bridgehead atoms. The van der Waals surface area contributed by atoms with Gasteiger partial charge in [-0.15, -0.1) is 0 Å². The van der Waals surface area contributed by atoms with Crippen molar-refractivity contribution in [1.29, 1.82) is 0 Å². The van der Waals surface area contributed by atoms with E-state index in [4.69, 9.17) is 22.1 Å². The summed E-state index contributed by atoms with van der Waals surface area (Å²) in [5, 5.41) is 8.96. The highest BCUT2D eigenvalue weighted by Crippen LogP contribution is 2.29. The first-order chi connectivity index (χ1) is 9.93. The van der Waals surface area contributed by atoms with E-state index >= 15 is 0 Å². The fourth-order valence-electron chi connectivity index (χ4n) is 2.22. The Kier molecular flexibility index (Phi) is 4.43. The minimum Gasteiger partial charge on any atom is -0.494 e. The van der Waals surface area contributed by atoms with Crippen molar-refractivity contribution < 1.29 is 14.6 Å². The summed E-state index contributed by atoms with van der Waals surface area (Å²) in [4.78, 5) is 14.6. The number of aromatic nitrogens is 1. The van der Waals surface area contributed by atoms with Crippen molar-refractivity contribution in [3.05, 3.63) is 52.3 Å². The highest BCUT2D eigenvalue weighted by atomic mass is 32.1. The molecule has 21 heavy (non-hydrogen) atoms. The van der Waals surface area contributed by atoms with Gasteiger partial charge < -0.3 is 14.8 Å². The highest BCUT2D eigenvalue weighted by molar-refractivity contribution is 7.81. The van der Waals surface area contributed by atoms with Crippen LogP contribution in [0.15, 0.2) is 24.3 Å². The van der Waals surface area contributed by atoms with Crippen LogP contribution in [0.2, 0.25) is 0 Å². The maximum absolute atomic E-state index is 10.9. The summed E-state index contributed by atoms with van der Waals surface area (Å²) in [5.41, 5.74) is 4.11. The molecular formula is C16H17NO3S. The van der Waals surface area contributed by atoms with E-state index in [2.05, 4.69) is 4.98 Å². The second-order valence-electron chi connectivity index (χ2n) is 4.90. The van der Waals surface area contributed by atoms with Crippen molar-refractivity contribution >= 4 is 23.1 Å². The molecule has 1 aromatic heterocycles. The Morgan fingerprint density at radius 1 is 1.29 bits per heavy atom. The van der Waals surface area contributed by atoms with Gasteiger partial charge in [0.15, 0.2) is 0 Å². The molecule has 0 aliphatic heterocycles. The monoisotopic (exact) mass is 303 g/mol. The van der Waals surface area contributed by atoms with Gasteiger partial charge >= 0.3 is 5.97 Å². The van der Waals surface area contributed by atoms with Crippen molar-refractivity contribution in [1.82, 2.24) is 4.98 Å². The number of nitrogens with one attached hydrogen (secondary N) is 1. The van der Waals surface area contributed by atoms with Crippen LogP contribution in [0.25, 0.3) is 0 Å². The largest absolute Gasteiger partial charge is 0.494 e. The number of carbonyl (C=O) groups is 1. The van der Waals surface area contributed by atoms with E-state index in [0.29, 0.717) is 22.0 Å². The summed E-state index contributed by atoms with van der Waals surface area (Å²) in [7, 11) is 1.56. The van der Waals surface area contributed by atoms with E-state index in [1.807, 2.05) is 38.1 Å². The van der Waals surface area contributed by atoms with Crippen molar-refractivity contribution in [2.24, 2.45) is 0 Å². The van der Waals surface area contributed by atoms with Crippen molar-refractivity contribution in [3.63, 3.8) is 0 Å². The Bertz CT molecular complexity index is 686. The zero-order chi connectivity index (χ0) is 15.6. The maximum atomic E-state index is 10.9. The van der Waals surface area contributed by atoms with E-state index in [1.165, 1.54) is 0 Å². The van der Waals surface area contributed by atoms with E-state index < -0.39 is 5.97 Å². The lowest BCUT2D eigenvalue weighted by Gasteiger charge is -2.06. The Morgan fingerprint density at radius 3 is 2.43 bits per heavy atom. The van der Waals surface area contributed by atoms with Crippen LogP contribution in [0, 0.1) is 13.8 Å². The lowest BCUT2D eigenvalue weighted by atomic mass is 10.1. The first kappa shape index (κ1) is 15.3. The van der Waals surface area contributed by atoms with Gasteiger partial charge in [0.1, 0.15) is 11.4 Å². The minimum absolute atomic E-state index is 0.0846. The van der Waals surface area contributed by atoms with Gasteiger partial charge in [0.2, 0.25) is 0 Å². The molecule has 2 aromatic rings. The number of hydrogen-bond donors (Lipinski definition) is 2. The number of rotatable bonds is 5. The Balaban J connectivity index is 2.45. The van der Waals surface area contributed by atoms with Crippen molar-refractivity contribution in [2.75, 3.05) is 7.11 Å². The lowest BCUT2D eigenvalue weighted by Crippen LogP contribution is -2.04. The van der Waals surface area contributed by atoms with Crippen LogP contribution in [-0.4, -0.2) is 28.0 Å². The second-order valence-corrected chi connectivity index (χ2v) is 5.31. The molecule has 4 nitrogen and oxygen atoms in total. The molecule has 0 fully saturated rings. The molecule has 1 aromatic carbocycles. The molecule has 0 unspecified atom stereocenters. The molecule has 0 atom stereocenters. The number of ether oxygens (including phenoxy) is 1. The third-order valence-electron chi connectivity index (χ3n) is 3.37. The maximum Gasteiger partial charge on any atom is 0.309 e. The third kappa shape index (κ3) is 3.13. The van der Waals surface area contributed by atoms with Crippen LogP contribution in [0.4, 0.5) is 0 Å². The molecular weight excluding hydrogens is 286 g/mol. The summed E-state index contributed by atoms with van der Waals surface area (Å²) in [5.74, 6) is -0.286. The molecule has 110 valence electrons.